The van der Waals surface area contributed by atoms with Crippen molar-refractivity contribution in [2.45, 2.75) is 20.0 Å². The molecule has 0 heterocycles. The van der Waals surface area contributed by atoms with Crippen molar-refractivity contribution in [2.24, 2.45) is 0 Å². The summed E-state index contributed by atoms with van der Waals surface area (Å²) in [6.07, 6.45) is 0.220. The molecule has 90 valence electrons. The van der Waals surface area contributed by atoms with E-state index in [-0.39, 0.29) is 6.10 Å². The van der Waals surface area contributed by atoms with E-state index < -0.39 is 0 Å². The minimum absolute atomic E-state index is 0.220. The third-order valence-electron chi connectivity index (χ3n) is 2.33. The van der Waals surface area contributed by atoms with E-state index in [1.54, 1.807) is 0 Å². The lowest BCUT2D eigenvalue weighted by atomic mass is 10.2. The predicted molar refractivity (Wildman–Crippen MR) is 69.4 cm³/mol. The molecule has 16 heavy (non-hydrogen) atoms. The highest BCUT2D eigenvalue weighted by molar-refractivity contribution is 5.50. The summed E-state index contributed by atoms with van der Waals surface area (Å²) < 4.78 is 5.67. The van der Waals surface area contributed by atoms with Gasteiger partial charge in [0.05, 0.1) is 6.10 Å². The third kappa shape index (κ3) is 4.11. The van der Waals surface area contributed by atoms with Crippen molar-refractivity contribution >= 4 is 5.69 Å². The highest BCUT2D eigenvalue weighted by Crippen LogP contribution is 2.20. The van der Waals surface area contributed by atoms with Gasteiger partial charge in [-0.1, -0.05) is 6.07 Å². The second-order valence-electron chi connectivity index (χ2n) is 4.19. The monoisotopic (exact) mass is 222 g/mol. The number of nitrogens with one attached hydrogen (secondary N) is 1. The number of benzene rings is 1. The van der Waals surface area contributed by atoms with Crippen LogP contribution in [0.5, 0.6) is 5.75 Å². The van der Waals surface area contributed by atoms with Crippen molar-refractivity contribution in [3.05, 3.63) is 24.3 Å². The van der Waals surface area contributed by atoms with Crippen LogP contribution in [0.15, 0.2) is 24.3 Å². The van der Waals surface area contributed by atoms with Gasteiger partial charge in [-0.3, -0.25) is 0 Å². The Hall–Kier alpha value is -1.22. The van der Waals surface area contributed by atoms with Gasteiger partial charge in [0.15, 0.2) is 0 Å². The minimum Gasteiger partial charge on any atom is -0.491 e. The Labute approximate surface area is 98.4 Å². The van der Waals surface area contributed by atoms with Crippen molar-refractivity contribution < 1.29 is 4.74 Å². The maximum atomic E-state index is 5.67. The normalized spacial score (nSPS) is 10.6. The summed E-state index contributed by atoms with van der Waals surface area (Å²) in [6, 6.07) is 8.21. The molecule has 0 atom stereocenters. The first-order valence-electron chi connectivity index (χ1n) is 5.76. The molecule has 1 aromatic rings. The zero-order valence-electron chi connectivity index (χ0n) is 10.7. The Morgan fingerprint density at radius 1 is 1.38 bits per heavy atom. The largest absolute Gasteiger partial charge is 0.491 e. The minimum atomic E-state index is 0.220. The molecule has 0 bridgehead atoms. The van der Waals surface area contributed by atoms with Crippen LogP contribution in [0.2, 0.25) is 0 Å². The van der Waals surface area contributed by atoms with Crippen LogP contribution in [0.25, 0.3) is 0 Å². The van der Waals surface area contributed by atoms with Crippen LogP contribution in [-0.2, 0) is 0 Å². The predicted octanol–water partition coefficient (Wildman–Crippen LogP) is 2.13. The fraction of sp³-hybridized carbons (Fsp3) is 0.538. The maximum absolute atomic E-state index is 5.67. The number of nitrogens with zero attached hydrogens (tertiary/aromatic N) is 1. The molecule has 0 saturated heterocycles. The van der Waals surface area contributed by atoms with Crippen LogP contribution in [0.1, 0.15) is 13.8 Å². The fourth-order valence-electron chi connectivity index (χ4n) is 1.48. The summed E-state index contributed by atoms with van der Waals surface area (Å²) in [5, 5.41) is 3.14. The topological polar surface area (TPSA) is 24.5 Å². The van der Waals surface area contributed by atoms with E-state index in [0.717, 1.165) is 18.8 Å². The average Bonchev–Trinajstić information content (AvgIpc) is 2.25. The second kappa shape index (κ2) is 6.38. The standard InChI is InChI=1S/C13H22N2O/c1-11(2)16-13-7-5-6-12(10-13)15(4)9-8-14-3/h5-7,10-11,14H,8-9H2,1-4H3. The highest BCUT2D eigenvalue weighted by Gasteiger charge is 2.03. The molecule has 0 aliphatic rings. The lowest BCUT2D eigenvalue weighted by molar-refractivity contribution is 0.242. The maximum Gasteiger partial charge on any atom is 0.121 e. The van der Waals surface area contributed by atoms with E-state index in [1.165, 1.54) is 5.69 Å². The first-order chi connectivity index (χ1) is 7.63. The van der Waals surface area contributed by atoms with Gasteiger partial charge in [0.2, 0.25) is 0 Å². The van der Waals surface area contributed by atoms with Crippen LogP contribution in [0, 0.1) is 0 Å². The summed E-state index contributed by atoms with van der Waals surface area (Å²) in [5.41, 5.74) is 1.19. The number of hydrogen-bond acceptors (Lipinski definition) is 3. The van der Waals surface area contributed by atoms with Crippen LogP contribution >= 0.6 is 0 Å². The van der Waals surface area contributed by atoms with Crippen molar-refractivity contribution in [3.8, 4) is 5.75 Å². The quantitative estimate of drug-likeness (QED) is 0.798. The summed E-state index contributed by atoms with van der Waals surface area (Å²) >= 11 is 0. The first-order valence-corrected chi connectivity index (χ1v) is 5.76. The van der Waals surface area contributed by atoms with E-state index in [2.05, 4.69) is 29.4 Å². The molecular formula is C13H22N2O. The molecule has 1 aromatic carbocycles. The molecule has 0 aliphatic carbocycles. The average molecular weight is 222 g/mol. The molecule has 0 radical (unpaired) electrons. The Morgan fingerprint density at radius 3 is 2.75 bits per heavy atom. The smallest absolute Gasteiger partial charge is 0.121 e. The van der Waals surface area contributed by atoms with Crippen LogP contribution in [-0.4, -0.2) is 33.3 Å². The van der Waals surface area contributed by atoms with Crippen molar-refractivity contribution in [3.63, 3.8) is 0 Å². The van der Waals surface area contributed by atoms with Gasteiger partial charge < -0.3 is 15.0 Å². The number of hydrogen-bond donors (Lipinski definition) is 1. The van der Waals surface area contributed by atoms with E-state index in [1.807, 2.05) is 33.0 Å². The van der Waals surface area contributed by atoms with E-state index in [9.17, 15) is 0 Å². The number of anilines is 1. The van der Waals surface area contributed by atoms with Crippen LogP contribution < -0.4 is 15.0 Å². The fourth-order valence-corrected chi connectivity index (χ4v) is 1.48. The van der Waals surface area contributed by atoms with E-state index in [4.69, 9.17) is 4.74 Å². The summed E-state index contributed by atoms with van der Waals surface area (Å²) in [5.74, 6) is 0.934. The highest BCUT2D eigenvalue weighted by atomic mass is 16.5. The molecule has 1 N–H and O–H groups in total. The van der Waals surface area contributed by atoms with Gasteiger partial charge in [0.25, 0.3) is 0 Å². The van der Waals surface area contributed by atoms with Crippen LogP contribution in [0.3, 0.4) is 0 Å². The van der Waals surface area contributed by atoms with Gasteiger partial charge in [-0.15, -0.1) is 0 Å². The van der Waals surface area contributed by atoms with Gasteiger partial charge in [-0.05, 0) is 33.0 Å². The van der Waals surface area contributed by atoms with E-state index >= 15 is 0 Å². The van der Waals surface area contributed by atoms with E-state index in [0.29, 0.717) is 0 Å². The van der Waals surface area contributed by atoms with Crippen molar-refractivity contribution in [1.29, 1.82) is 0 Å². The Balaban J connectivity index is 2.65. The lowest BCUT2D eigenvalue weighted by Gasteiger charge is -2.20. The molecule has 0 amide bonds. The molecule has 0 spiro atoms. The number of rotatable bonds is 6. The number of likely N-dealkylation sites (N-methyl/N-ethyl adjacent to an activating group) is 2. The Kier molecular flexibility index (Phi) is 5.12. The Morgan fingerprint density at radius 2 is 2.12 bits per heavy atom. The molecule has 3 nitrogen and oxygen atoms in total. The molecular weight excluding hydrogens is 200 g/mol. The molecule has 3 heteroatoms. The molecule has 0 aromatic heterocycles. The summed E-state index contributed by atoms with van der Waals surface area (Å²) in [6.45, 7) is 6.04. The molecule has 1 rings (SSSR count). The van der Waals surface area contributed by atoms with Gasteiger partial charge >= 0.3 is 0 Å². The number of ether oxygens (including phenoxy) is 1. The van der Waals surface area contributed by atoms with Gasteiger partial charge in [-0.2, -0.15) is 0 Å². The third-order valence-corrected chi connectivity index (χ3v) is 2.33. The van der Waals surface area contributed by atoms with Crippen molar-refractivity contribution in [1.82, 2.24) is 5.32 Å². The van der Waals surface area contributed by atoms with Crippen LogP contribution in [0.4, 0.5) is 5.69 Å². The van der Waals surface area contributed by atoms with Gasteiger partial charge in [-0.25, -0.2) is 0 Å². The van der Waals surface area contributed by atoms with Gasteiger partial charge in [0, 0.05) is 31.9 Å². The van der Waals surface area contributed by atoms with Gasteiger partial charge in [0.1, 0.15) is 5.75 Å². The zero-order valence-corrected chi connectivity index (χ0v) is 10.7. The zero-order chi connectivity index (χ0) is 12.0. The molecule has 0 fully saturated rings. The molecule has 0 unspecified atom stereocenters. The summed E-state index contributed by atoms with van der Waals surface area (Å²) in [4.78, 5) is 2.21. The summed E-state index contributed by atoms with van der Waals surface area (Å²) in [7, 11) is 4.05. The first kappa shape index (κ1) is 12.8. The molecule has 0 aliphatic heterocycles. The Bertz CT molecular complexity index is 313. The SMILES string of the molecule is CNCCN(C)c1cccc(OC(C)C)c1. The lowest BCUT2D eigenvalue weighted by Crippen LogP contribution is -2.27. The van der Waals surface area contributed by atoms with Crippen molar-refractivity contribution in [2.75, 3.05) is 32.1 Å². The molecule has 0 saturated carbocycles. The second-order valence-corrected chi connectivity index (χ2v) is 4.19.